The molecule has 0 aliphatic carbocycles. The summed E-state index contributed by atoms with van der Waals surface area (Å²) in [5.41, 5.74) is 2.82. The smallest absolute Gasteiger partial charge is 0.411 e. The van der Waals surface area contributed by atoms with Crippen LogP contribution in [0.2, 0.25) is 0 Å². The fraction of sp³-hybridized carbons (Fsp3) is 0.192. The number of thiazole rings is 1. The van der Waals surface area contributed by atoms with Crippen molar-refractivity contribution in [3.63, 3.8) is 0 Å². The molecule has 39 heavy (non-hydrogen) atoms. The summed E-state index contributed by atoms with van der Waals surface area (Å²) in [4.78, 5) is 29.4. The molecule has 6 rings (SSSR count). The lowest BCUT2D eigenvalue weighted by atomic mass is 10.1. The highest BCUT2D eigenvalue weighted by atomic mass is 32.1. The van der Waals surface area contributed by atoms with Crippen LogP contribution >= 0.6 is 11.3 Å². The Labute approximate surface area is 224 Å². The molecule has 0 radical (unpaired) electrons. The van der Waals surface area contributed by atoms with Crippen LogP contribution in [0.5, 0.6) is 17.4 Å². The average Bonchev–Trinajstić information content (AvgIpc) is 3.42. The standard InChI is InChI=1S/C26H20FN5O6S/c1-35-20-9-29-21-16(5-13(10-33)6-18(21)31-20)25-32-22-17(27)7-19-23(24(22)39-25)36-11-15(38-19)12-37-26(34)30-14-3-2-4-28-8-14/h2-9,15,33H,10-12H2,1H3,(H,30,34). The van der Waals surface area contributed by atoms with E-state index >= 15 is 4.39 Å². The van der Waals surface area contributed by atoms with Crippen molar-refractivity contribution in [2.45, 2.75) is 12.7 Å². The number of benzene rings is 2. The summed E-state index contributed by atoms with van der Waals surface area (Å²) in [6.45, 7) is -0.256. The van der Waals surface area contributed by atoms with Crippen LogP contribution in [0.25, 0.3) is 31.8 Å². The number of aliphatic hydroxyl groups excluding tert-OH is 1. The molecule has 11 nitrogen and oxygen atoms in total. The lowest BCUT2D eigenvalue weighted by molar-refractivity contribution is 0.0381. The van der Waals surface area contributed by atoms with E-state index in [2.05, 4.69) is 25.3 Å². The van der Waals surface area contributed by atoms with Crippen LogP contribution in [0.3, 0.4) is 0 Å². The van der Waals surface area contributed by atoms with Gasteiger partial charge in [-0.3, -0.25) is 10.3 Å². The number of anilines is 1. The van der Waals surface area contributed by atoms with E-state index in [1.807, 2.05) is 0 Å². The molecular formula is C26H20FN5O6S. The molecule has 0 spiro atoms. The van der Waals surface area contributed by atoms with Gasteiger partial charge in [0.2, 0.25) is 5.88 Å². The van der Waals surface area contributed by atoms with Gasteiger partial charge in [0.1, 0.15) is 28.4 Å². The Morgan fingerprint density at radius 2 is 2.15 bits per heavy atom. The number of hydrogen-bond acceptors (Lipinski definition) is 11. The van der Waals surface area contributed by atoms with Gasteiger partial charge in [0.25, 0.3) is 0 Å². The Morgan fingerprint density at radius 3 is 2.95 bits per heavy atom. The zero-order valence-corrected chi connectivity index (χ0v) is 21.2. The lowest BCUT2D eigenvalue weighted by Crippen LogP contribution is -2.35. The minimum atomic E-state index is -0.677. The number of pyridine rings is 1. The van der Waals surface area contributed by atoms with Crippen molar-refractivity contribution in [1.29, 1.82) is 0 Å². The van der Waals surface area contributed by atoms with E-state index in [0.29, 0.717) is 49.2 Å². The predicted molar refractivity (Wildman–Crippen MR) is 140 cm³/mol. The Hall–Kier alpha value is -4.62. The van der Waals surface area contributed by atoms with Crippen LogP contribution < -0.4 is 19.5 Å². The number of methoxy groups -OCH3 is 1. The quantitative estimate of drug-likeness (QED) is 0.315. The number of amides is 1. The van der Waals surface area contributed by atoms with Crippen LogP contribution in [0, 0.1) is 5.82 Å². The predicted octanol–water partition coefficient (Wildman–Crippen LogP) is 4.33. The Kier molecular flexibility index (Phi) is 6.50. The van der Waals surface area contributed by atoms with Crippen molar-refractivity contribution in [3.05, 3.63) is 60.3 Å². The Bertz CT molecular complexity index is 1690. The molecule has 5 aromatic rings. The monoisotopic (exact) mass is 549 g/mol. The number of aromatic nitrogens is 4. The first kappa shape index (κ1) is 24.7. The van der Waals surface area contributed by atoms with Gasteiger partial charge in [0.15, 0.2) is 23.4 Å². The average molecular weight is 550 g/mol. The zero-order chi connectivity index (χ0) is 26.9. The van der Waals surface area contributed by atoms with Gasteiger partial charge in [-0.25, -0.2) is 24.1 Å². The number of nitrogens with one attached hydrogen (secondary N) is 1. The summed E-state index contributed by atoms with van der Waals surface area (Å²) in [5, 5.41) is 12.8. The number of hydrogen-bond donors (Lipinski definition) is 2. The molecule has 198 valence electrons. The fourth-order valence-electron chi connectivity index (χ4n) is 4.09. The van der Waals surface area contributed by atoms with Crippen molar-refractivity contribution in [1.82, 2.24) is 19.9 Å². The van der Waals surface area contributed by atoms with Gasteiger partial charge < -0.3 is 24.1 Å². The van der Waals surface area contributed by atoms with E-state index in [9.17, 15) is 9.90 Å². The Balaban J connectivity index is 1.27. The maximum Gasteiger partial charge on any atom is 0.411 e. The molecule has 3 aromatic heterocycles. The fourth-order valence-corrected chi connectivity index (χ4v) is 5.17. The highest BCUT2D eigenvalue weighted by molar-refractivity contribution is 7.22. The van der Waals surface area contributed by atoms with Crippen LogP contribution in [0.15, 0.2) is 48.9 Å². The van der Waals surface area contributed by atoms with Crippen LogP contribution in [-0.2, 0) is 11.3 Å². The SMILES string of the molecule is COc1cnc2c(-c3nc4c(F)cc5c(c4s3)OCC(COC(=O)Nc3cccnc3)O5)cc(CO)cc2n1. The van der Waals surface area contributed by atoms with Gasteiger partial charge in [-0.1, -0.05) is 0 Å². The second-order valence-corrected chi connectivity index (χ2v) is 9.48. The molecular weight excluding hydrogens is 529 g/mol. The third kappa shape index (κ3) is 4.84. The maximum absolute atomic E-state index is 15.2. The molecule has 0 bridgehead atoms. The molecule has 1 aliphatic rings. The minimum absolute atomic E-state index is 0.0787. The summed E-state index contributed by atoms with van der Waals surface area (Å²) in [6, 6.07) is 8.01. The van der Waals surface area contributed by atoms with Gasteiger partial charge in [-0.2, -0.15) is 0 Å². The zero-order valence-electron chi connectivity index (χ0n) is 20.4. The number of carbonyl (C=O) groups is 1. The first-order valence-electron chi connectivity index (χ1n) is 11.7. The molecule has 4 heterocycles. The topological polar surface area (TPSA) is 138 Å². The first-order chi connectivity index (χ1) is 19.0. The van der Waals surface area contributed by atoms with Gasteiger partial charge in [-0.05, 0) is 29.8 Å². The minimum Gasteiger partial charge on any atom is -0.484 e. The van der Waals surface area contributed by atoms with Crippen LogP contribution in [0.1, 0.15) is 5.56 Å². The van der Waals surface area contributed by atoms with Gasteiger partial charge >= 0.3 is 6.09 Å². The van der Waals surface area contributed by atoms with Crippen molar-refractivity contribution >= 4 is 44.4 Å². The van der Waals surface area contributed by atoms with E-state index in [4.69, 9.17) is 18.9 Å². The summed E-state index contributed by atoms with van der Waals surface area (Å²) in [6.07, 6.45) is 3.24. The Morgan fingerprint density at radius 1 is 1.26 bits per heavy atom. The number of aliphatic hydroxyl groups is 1. The molecule has 1 unspecified atom stereocenters. The number of fused-ring (bicyclic) bond motifs is 4. The number of carbonyl (C=O) groups excluding carboxylic acids is 1. The molecule has 1 atom stereocenters. The van der Waals surface area contributed by atoms with Gasteiger partial charge in [-0.15, -0.1) is 11.3 Å². The molecule has 2 N–H and O–H groups in total. The normalized spacial score (nSPS) is 14.4. The van der Waals surface area contributed by atoms with E-state index in [0.717, 1.165) is 0 Å². The molecule has 13 heteroatoms. The van der Waals surface area contributed by atoms with Crippen LogP contribution in [0.4, 0.5) is 14.9 Å². The van der Waals surface area contributed by atoms with E-state index in [1.165, 1.54) is 36.9 Å². The molecule has 0 saturated carbocycles. The number of ether oxygens (including phenoxy) is 4. The molecule has 0 saturated heterocycles. The van der Waals surface area contributed by atoms with Crippen molar-refractivity contribution in [3.8, 4) is 28.0 Å². The third-order valence-electron chi connectivity index (χ3n) is 5.86. The summed E-state index contributed by atoms with van der Waals surface area (Å²) in [5.74, 6) is 0.260. The van der Waals surface area contributed by atoms with Crippen molar-refractivity contribution in [2.75, 3.05) is 25.6 Å². The molecule has 0 fully saturated rings. The first-order valence-corrected chi connectivity index (χ1v) is 12.5. The van der Waals surface area contributed by atoms with Crippen molar-refractivity contribution in [2.24, 2.45) is 0 Å². The van der Waals surface area contributed by atoms with E-state index < -0.39 is 18.0 Å². The maximum atomic E-state index is 15.2. The molecule has 1 aliphatic heterocycles. The second-order valence-electron chi connectivity index (χ2n) is 8.48. The highest BCUT2D eigenvalue weighted by Gasteiger charge is 2.28. The molecule has 2 aromatic carbocycles. The second kappa shape index (κ2) is 10.3. The summed E-state index contributed by atoms with van der Waals surface area (Å²) >= 11 is 1.21. The number of nitrogens with zero attached hydrogens (tertiary/aromatic N) is 4. The van der Waals surface area contributed by atoms with Crippen LogP contribution in [-0.4, -0.2) is 57.6 Å². The van der Waals surface area contributed by atoms with E-state index in [-0.39, 0.29) is 31.1 Å². The molecule has 1 amide bonds. The number of rotatable bonds is 6. The highest BCUT2D eigenvalue weighted by Crippen LogP contribution is 2.45. The number of halogens is 1. The summed E-state index contributed by atoms with van der Waals surface area (Å²) < 4.78 is 37.9. The van der Waals surface area contributed by atoms with E-state index in [1.54, 1.807) is 30.5 Å². The van der Waals surface area contributed by atoms with Crippen molar-refractivity contribution < 1.29 is 33.2 Å². The van der Waals surface area contributed by atoms with Gasteiger partial charge in [0, 0.05) is 17.8 Å². The third-order valence-corrected chi connectivity index (χ3v) is 6.95. The van der Waals surface area contributed by atoms with Gasteiger partial charge in [0.05, 0.1) is 42.8 Å². The summed E-state index contributed by atoms with van der Waals surface area (Å²) in [7, 11) is 1.49. The largest absolute Gasteiger partial charge is 0.484 e. The lowest BCUT2D eigenvalue weighted by Gasteiger charge is -2.26.